The molecule has 176 valence electrons. The summed E-state index contributed by atoms with van der Waals surface area (Å²) >= 11 is 0. The molecule has 8 heteroatoms. The Hall–Kier alpha value is -4.33. The quantitative estimate of drug-likeness (QED) is 0.339. The van der Waals surface area contributed by atoms with Crippen molar-refractivity contribution >= 4 is 28.3 Å². The fourth-order valence-electron chi connectivity index (χ4n) is 4.33. The van der Waals surface area contributed by atoms with Gasteiger partial charge in [0.1, 0.15) is 5.58 Å². The predicted molar refractivity (Wildman–Crippen MR) is 123 cm³/mol. The Morgan fingerprint density at radius 3 is 2.29 bits per heavy atom. The van der Waals surface area contributed by atoms with Crippen molar-refractivity contribution in [3.05, 3.63) is 113 Å². The SMILES string of the molecule is Cc1ccccc1C1C(C(=O)c2cc3ccccc3o2)=C(O)C(=O)N1c1ccc(C(F)(F)F)cc1. The third-order valence-corrected chi connectivity index (χ3v) is 6.06. The van der Waals surface area contributed by atoms with Gasteiger partial charge >= 0.3 is 6.18 Å². The standard InChI is InChI=1S/C27H18F3NO4/c1-15-6-2-4-8-19(15)23-22(24(32)21-14-16-7-3-5-9-20(16)35-21)25(33)26(34)31(23)18-12-10-17(11-13-18)27(28,29)30/h2-14,23,33H,1H3. The lowest BCUT2D eigenvalue weighted by Crippen LogP contribution is -2.31. The number of carbonyl (C=O) groups excluding carboxylic acids is 2. The number of hydrogen-bond donors (Lipinski definition) is 1. The second-order valence-corrected chi connectivity index (χ2v) is 8.22. The minimum atomic E-state index is -4.55. The van der Waals surface area contributed by atoms with E-state index in [1.807, 2.05) is 0 Å². The van der Waals surface area contributed by atoms with Gasteiger partial charge in [-0.15, -0.1) is 0 Å². The van der Waals surface area contributed by atoms with E-state index in [2.05, 4.69) is 0 Å². The van der Waals surface area contributed by atoms with Gasteiger partial charge in [0.25, 0.3) is 5.91 Å². The summed E-state index contributed by atoms with van der Waals surface area (Å²) < 4.78 is 45.0. The summed E-state index contributed by atoms with van der Waals surface area (Å²) in [6, 6.07) is 18.4. The minimum Gasteiger partial charge on any atom is -0.503 e. The molecule has 0 fully saturated rings. The number of rotatable bonds is 4. The van der Waals surface area contributed by atoms with Crippen molar-refractivity contribution in [2.75, 3.05) is 4.90 Å². The molecule has 5 nitrogen and oxygen atoms in total. The second kappa shape index (κ2) is 8.16. The molecular weight excluding hydrogens is 459 g/mol. The molecule has 1 unspecified atom stereocenters. The largest absolute Gasteiger partial charge is 0.503 e. The Labute approximate surface area is 197 Å². The highest BCUT2D eigenvalue weighted by molar-refractivity contribution is 6.20. The smallest absolute Gasteiger partial charge is 0.416 e. The minimum absolute atomic E-state index is 0.0617. The van der Waals surface area contributed by atoms with E-state index in [-0.39, 0.29) is 17.0 Å². The molecule has 0 bridgehead atoms. The number of aryl methyl sites for hydroxylation is 1. The first kappa shape index (κ1) is 22.5. The Bertz CT molecular complexity index is 1470. The maximum atomic E-state index is 13.6. The molecule has 1 atom stereocenters. The van der Waals surface area contributed by atoms with E-state index in [9.17, 15) is 27.9 Å². The van der Waals surface area contributed by atoms with Crippen LogP contribution >= 0.6 is 0 Å². The number of para-hydroxylation sites is 1. The second-order valence-electron chi connectivity index (χ2n) is 8.22. The van der Waals surface area contributed by atoms with Crippen LogP contribution in [0, 0.1) is 6.92 Å². The Morgan fingerprint density at radius 1 is 0.971 bits per heavy atom. The van der Waals surface area contributed by atoms with Gasteiger partial charge in [-0.1, -0.05) is 42.5 Å². The van der Waals surface area contributed by atoms with E-state index >= 15 is 0 Å². The van der Waals surface area contributed by atoms with Gasteiger partial charge < -0.3 is 9.52 Å². The Kier molecular flexibility index (Phi) is 5.24. The Balaban J connectivity index is 1.65. The molecule has 1 aromatic heterocycles. The monoisotopic (exact) mass is 477 g/mol. The predicted octanol–water partition coefficient (Wildman–Crippen LogP) is 6.54. The van der Waals surface area contributed by atoms with Crippen molar-refractivity contribution in [3.8, 4) is 0 Å². The number of aliphatic hydroxyl groups is 1. The van der Waals surface area contributed by atoms with Crippen LogP contribution in [0.5, 0.6) is 0 Å². The highest BCUT2D eigenvalue weighted by Gasteiger charge is 2.46. The normalized spacial score (nSPS) is 16.4. The zero-order chi connectivity index (χ0) is 24.9. The van der Waals surface area contributed by atoms with Crippen LogP contribution in [0.4, 0.5) is 18.9 Å². The fraction of sp³-hybridized carbons (Fsp3) is 0.111. The highest BCUT2D eigenvalue weighted by Crippen LogP contribution is 2.43. The van der Waals surface area contributed by atoms with E-state index in [0.29, 0.717) is 16.5 Å². The van der Waals surface area contributed by atoms with Gasteiger partial charge in [-0.25, -0.2) is 0 Å². The average Bonchev–Trinajstić information content (AvgIpc) is 3.38. The van der Waals surface area contributed by atoms with Gasteiger partial charge in [0.15, 0.2) is 11.5 Å². The number of alkyl halides is 3. The summed E-state index contributed by atoms with van der Waals surface area (Å²) in [4.78, 5) is 27.9. The first-order valence-electron chi connectivity index (χ1n) is 10.7. The number of furan rings is 1. The van der Waals surface area contributed by atoms with Gasteiger partial charge in [0, 0.05) is 11.1 Å². The van der Waals surface area contributed by atoms with Crippen molar-refractivity contribution in [1.29, 1.82) is 0 Å². The number of halogens is 3. The third kappa shape index (κ3) is 3.77. The van der Waals surface area contributed by atoms with Crippen molar-refractivity contribution in [2.24, 2.45) is 0 Å². The molecule has 5 rings (SSSR count). The number of amides is 1. The summed E-state index contributed by atoms with van der Waals surface area (Å²) in [5.41, 5.74) is 0.762. The maximum Gasteiger partial charge on any atom is 0.416 e. The fourth-order valence-corrected chi connectivity index (χ4v) is 4.33. The van der Waals surface area contributed by atoms with Crippen LogP contribution in [0.1, 0.15) is 33.3 Å². The number of fused-ring (bicyclic) bond motifs is 1. The van der Waals surface area contributed by atoms with E-state index in [0.717, 1.165) is 34.7 Å². The number of Topliss-reactive ketones (excluding diaryl/α,β-unsaturated/α-hetero) is 1. The van der Waals surface area contributed by atoms with Crippen LogP contribution in [0.15, 0.2) is 94.6 Å². The zero-order valence-corrected chi connectivity index (χ0v) is 18.3. The molecule has 1 aliphatic rings. The summed E-state index contributed by atoms with van der Waals surface area (Å²) in [6.45, 7) is 1.78. The molecule has 1 N–H and O–H groups in total. The summed E-state index contributed by atoms with van der Waals surface area (Å²) in [7, 11) is 0. The van der Waals surface area contributed by atoms with Crippen molar-refractivity contribution < 1.29 is 32.3 Å². The number of nitrogens with zero attached hydrogens (tertiary/aromatic N) is 1. The molecule has 0 aliphatic carbocycles. The topological polar surface area (TPSA) is 70.7 Å². The van der Waals surface area contributed by atoms with Gasteiger partial charge in [0.05, 0.1) is 17.2 Å². The van der Waals surface area contributed by atoms with Gasteiger partial charge in [-0.05, 0) is 54.4 Å². The number of aliphatic hydroxyl groups excluding tert-OH is 1. The average molecular weight is 477 g/mol. The molecule has 35 heavy (non-hydrogen) atoms. The van der Waals surface area contributed by atoms with Crippen LogP contribution in [-0.2, 0) is 11.0 Å². The molecular formula is C27H18F3NO4. The van der Waals surface area contributed by atoms with Gasteiger partial charge in [-0.3, -0.25) is 14.5 Å². The van der Waals surface area contributed by atoms with Gasteiger partial charge in [0.2, 0.25) is 5.78 Å². The first-order chi connectivity index (χ1) is 16.7. The van der Waals surface area contributed by atoms with Crippen LogP contribution in [0.3, 0.4) is 0 Å². The van der Waals surface area contributed by atoms with Crippen LogP contribution in [-0.4, -0.2) is 16.8 Å². The molecule has 3 aromatic carbocycles. The molecule has 2 heterocycles. The summed E-state index contributed by atoms with van der Waals surface area (Å²) in [6.07, 6.45) is -4.55. The molecule has 0 radical (unpaired) electrons. The van der Waals surface area contributed by atoms with E-state index in [1.54, 1.807) is 55.5 Å². The number of benzene rings is 3. The lowest BCUT2D eigenvalue weighted by Gasteiger charge is -2.28. The number of anilines is 1. The number of ketones is 1. The lowest BCUT2D eigenvalue weighted by molar-refractivity contribution is -0.137. The van der Waals surface area contributed by atoms with Crippen LogP contribution < -0.4 is 4.90 Å². The highest BCUT2D eigenvalue weighted by atomic mass is 19.4. The molecule has 0 saturated carbocycles. The molecule has 0 saturated heterocycles. The van der Waals surface area contributed by atoms with Crippen LogP contribution in [0.2, 0.25) is 0 Å². The van der Waals surface area contributed by atoms with Crippen LogP contribution in [0.25, 0.3) is 11.0 Å². The molecule has 1 amide bonds. The van der Waals surface area contributed by atoms with E-state index in [1.165, 1.54) is 6.07 Å². The zero-order valence-electron chi connectivity index (χ0n) is 18.3. The Morgan fingerprint density at radius 2 is 1.63 bits per heavy atom. The third-order valence-electron chi connectivity index (χ3n) is 6.06. The number of hydrogen-bond acceptors (Lipinski definition) is 4. The lowest BCUT2D eigenvalue weighted by atomic mass is 9.92. The maximum absolute atomic E-state index is 13.6. The summed E-state index contributed by atoms with van der Waals surface area (Å²) in [5.74, 6) is -2.41. The molecule has 4 aromatic rings. The van der Waals surface area contributed by atoms with E-state index < -0.39 is 35.2 Å². The first-order valence-corrected chi connectivity index (χ1v) is 10.7. The summed E-state index contributed by atoms with van der Waals surface area (Å²) in [5, 5.41) is 11.5. The van der Waals surface area contributed by atoms with E-state index in [4.69, 9.17) is 4.42 Å². The van der Waals surface area contributed by atoms with Crippen molar-refractivity contribution in [3.63, 3.8) is 0 Å². The molecule has 0 spiro atoms. The van der Waals surface area contributed by atoms with Crippen molar-refractivity contribution in [1.82, 2.24) is 0 Å². The molecule has 1 aliphatic heterocycles. The van der Waals surface area contributed by atoms with Crippen molar-refractivity contribution in [2.45, 2.75) is 19.1 Å². The van der Waals surface area contributed by atoms with Gasteiger partial charge in [-0.2, -0.15) is 13.2 Å². The number of carbonyl (C=O) groups is 2.